The third-order valence-electron chi connectivity index (χ3n) is 15.2. The van der Waals surface area contributed by atoms with Crippen LogP contribution >= 0.6 is 0 Å². The fourth-order valence-corrected chi connectivity index (χ4v) is 12.6. The summed E-state index contributed by atoms with van der Waals surface area (Å²) in [5.74, 6) is 0. The van der Waals surface area contributed by atoms with Gasteiger partial charge >= 0.3 is 0 Å². The van der Waals surface area contributed by atoms with Crippen molar-refractivity contribution < 1.29 is 0 Å². The molecule has 0 unspecified atom stereocenters. The molecule has 310 valence electrons. The molecule has 1 aromatic heterocycles. The fraction of sp³-hybridized carbons (Fsp3) is 0.0625. The molecule has 2 heteroatoms. The molecular formula is C64H44N2. The quantitative estimate of drug-likeness (QED) is 0.168. The highest BCUT2D eigenvalue weighted by Gasteiger charge is 2.51. The molecule has 0 N–H and O–H groups in total. The van der Waals surface area contributed by atoms with Gasteiger partial charge in [0.25, 0.3) is 0 Å². The first-order chi connectivity index (χ1) is 32.5. The number of fused-ring (bicyclic) bond motifs is 15. The van der Waals surface area contributed by atoms with E-state index in [1.54, 1.807) is 0 Å². The molecule has 2 heterocycles. The molecule has 0 bridgehead atoms. The summed E-state index contributed by atoms with van der Waals surface area (Å²) in [7, 11) is 0. The zero-order chi connectivity index (χ0) is 43.7. The molecule has 0 saturated heterocycles. The van der Waals surface area contributed by atoms with Gasteiger partial charge in [-0.3, -0.25) is 0 Å². The van der Waals surface area contributed by atoms with Crippen molar-refractivity contribution in [2.45, 2.75) is 24.7 Å². The summed E-state index contributed by atoms with van der Waals surface area (Å²) >= 11 is 0. The Labute approximate surface area is 385 Å². The number of anilines is 3. The van der Waals surface area contributed by atoms with Crippen molar-refractivity contribution in [2.75, 3.05) is 4.90 Å². The first kappa shape index (κ1) is 37.2. The number of hydrogen-bond donors (Lipinski definition) is 0. The highest BCUT2D eigenvalue weighted by molar-refractivity contribution is 6.14. The molecule has 66 heavy (non-hydrogen) atoms. The van der Waals surface area contributed by atoms with Crippen LogP contribution in [0.5, 0.6) is 0 Å². The Bertz CT molecular complexity index is 3750. The maximum Gasteiger partial charge on any atom is 0.0754 e. The van der Waals surface area contributed by atoms with Crippen LogP contribution in [0.2, 0.25) is 0 Å². The van der Waals surface area contributed by atoms with Gasteiger partial charge in [0.2, 0.25) is 0 Å². The summed E-state index contributed by atoms with van der Waals surface area (Å²) in [4.78, 5) is 2.45. The van der Waals surface area contributed by atoms with Gasteiger partial charge in [0, 0.05) is 38.7 Å². The van der Waals surface area contributed by atoms with Gasteiger partial charge in [-0.15, -0.1) is 0 Å². The van der Waals surface area contributed by atoms with Gasteiger partial charge in [0.05, 0.1) is 27.8 Å². The minimum atomic E-state index is -0.528. The van der Waals surface area contributed by atoms with Gasteiger partial charge in [-0.25, -0.2) is 0 Å². The van der Waals surface area contributed by atoms with Gasteiger partial charge in [0.1, 0.15) is 0 Å². The monoisotopic (exact) mass is 840 g/mol. The normalized spacial score (nSPS) is 14.2. The molecule has 2 aliphatic carbocycles. The van der Waals surface area contributed by atoms with Crippen LogP contribution in [0.15, 0.2) is 231 Å². The lowest BCUT2D eigenvalue weighted by molar-refractivity contribution is 0.662. The summed E-state index contributed by atoms with van der Waals surface area (Å²) in [5, 5.41) is 2.54. The SMILES string of the molecule is CC1(C)c2ccccc2-c2cccc(-c3ccc(N(c4ccccc4)c4ccccc4-c4cccc5c4-n4c6ccccc6c6cccc(c64)C54c5ccccc5-c5ccccc54)cc3)c21. The van der Waals surface area contributed by atoms with E-state index in [-0.39, 0.29) is 5.41 Å². The van der Waals surface area contributed by atoms with Gasteiger partial charge in [-0.05, 0) is 103 Å². The second kappa shape index (κ2) is 13.7. The van der Waals surface area contributed by atoms with Gasteiger partial charge < -0.3 is 9.47 Å². The molecule has 10 aromatic carbocycles. The lowest BCUT2D eigenvalue weighted by atomic mass is 9.65. The second-order valence-electron chi connectivity index (χ2n) is 18.7. The number of benzene rings is 10. The van der Waals surface area contributed by atoms with Crippen molar-refractivity contribution in [2.24, 2.45) is 0 Å². The van der Waals surface area contributed by atoms with Crippen LogP contribution in [-0.2, 0) is 10.8 Å². The maximum atomic E-state index is 2.59. The summed E-state index contributed by atoms with van der Waals surface area (Å²) in [6.07, 6.45) is 0. The molecule has 1 aliphatic heterocycles. The van der Waals surface area contributed by atoms with E-state index in [9.17, 15) is 0 Å². The van der Waals surface area contributed by atoms with Gasteiger partial charge in [-0.2, -0.15) is 0 Å². The Morgan fingerprint density at radius 3 is 1.61 bits per heavy atom. The number of aromatic nitrogens is 1. The van der Waals surface area contributed by atoms with E-state index in [0.29, 0.717) is 0 Å². The van der Waals surface area contributed by atoms with Crippen molar-refractivity contribution in [1.29, 1.82) is 0 Å². The van der Waals surface area contributed by atoms with Crippen LogP contribution in [0, 0.1) is 0 Å². The van der Waals surface area contributed by atoms with Crippen LogP contribution in [-0.4, -0.2) is 4.57 Å². The Morgan fingerprint density at radius 2 is 0.848 bits per heavy atom. The van der Waals surface area contributed by atoms with Crippen LogP contribution in [0.4, 0.5) is 17.1 Å². The minimum absolute atomic E-state index is 0.108. The molecule has 0 radical (unpaired) electrons. The van der Waals surface area contributed by atoms with Crippen molar-refractivity contribution in [3.8, 4) is 50.2 Å². The van der Waals surface area contributed by atoms with E-state index in [4.69, 9.17) is 0 Å². The largest absolute Gasteiger partial charge is 0.310 e. The van der Waals surface area contributed by atoms with Crippen molar-refractivity contribution in [3.05, 3.63) is 264 Å². The summed E-state index contributed by atoms with van der Waals surface area (Å²) in [5.41, 5.74) is 24.7. The molecule has 0 atom stereocenters. The van der Waals surface area contributed by atoms with E-state index < -0.39 is 5.41 Å². The third-order valence-corrected chi connectivity index (χ3v) is 15.2. The Hall–Kier alpha value is -8.20. The Morgan fingerprint density at radius 1 is 0.348 bits per heavy atom. The third kappa shape index (κ3) is 4.80. The standard InChI is InChI=1S/C64H44N2/c1-63(2)53-30-11-6-23-47(53)50-27-16-26-44(60(50)63)41-37-39-43(40-38-41)65(42-19-4-3-5-20-42)58-35-14-9-24-48(58)51-28-17-33-56-61(51)66-59-36-15-10-25-49(59)52-29-18-34-57(62(52)66)64(56)54-31-12-7-21-45(54)46-22-8-13-32-55(46)64/h3-40H,1-2H3. The molecule has 0 fully saturated rings. The van der Waals surface area contributed by atoms with Gasteiger partial charge in [-0.1, -0.05) is 208 Å². The predicted octanol–water partition coefficient (Wildman–Crippen LogP) is 16.6. The molecule has 1 spiro atoms. The topological polar surface area (TPSA) is 8.17 Å². The summed E-state index contributed by atoms with van der Waals surface area (Å²) in [6.45, 7) is 4.75. The fourth-order valence-electron chi connectivity index (χ4n) is 12.6. The summed E-state index contributed by atoms with van der Waals surface area (Å²) < 4.78 is 2.59. The zero-order valence-electron chi connectivity index (χ0n) is 36.8. The Balaban J connectivity index is 1.01. The van der Waals surface area contributed by atoms with Crippen LogP contribution in [0.3, 0.4) is 0 Å². The number of rotatable bonds is 5. The van der Waals surface area contributed by atoms with Crippen LogP contribution < -0.4 is 4.90 Å². The number of nitrogens with zero attached hydrogens (tertiary/aromatic N) is 2. The first-order valence-corrected chi connectivity index (χ1v) is 23.2. The molecule has 0 saturated carbocycles. The zero-order valence-corrected chi connectivity index (χ0v) is 36.8. The van der Waals surface area contributed by atoms with Crippen LogP contribution in [0.1, 0.15) is 47.2 Å². The molecular weight excluding hydrogens is 797 g/mol. The molecule has 11 aromatic rings. The van der Waals surface area contributed by atoms with Crippen molar-refractivity contribution in [1.82, 2.24) is 4.57 Å². The average molecular weight is 841 g/mol. The van der Waals surface area contributed by atoms with Crippen molar-refractivity contribution >= 4 is 38.9 Å². The number of para-hydroxylation sites is 5. The second-order valence-corrected chi connectivity index (χ2v) is 18.7. The molecule has 0 amide bonds. The smallest absolute Gasteiger partial charge is 0.0754 e. The van der Waals surface area contributed by atoms with Crippen LogP contribution in [0.25, 0.3) is 72.0 Å². The molecule has 2 nitrogen and oxygen atoms in total. The van der Waals surface area contributed by atoms with E-state index in [1.165, 1.54) is 105 Å². The Kier molecular flexibility index (Phi) is 7.70. The lowest BCUT2D eigenvalue weighted by Crippen LogP contribution is -2.33. The first-order valence-electron chi connectivity index (χ1n) is 23.2. The van der Waals surface area contributed by atoms with E-state index in [0.717, 1.165) is 17.1 Å². The minimum Gasteiger partial charge on any atom is -0.310 e. The highest BCUT2D eigenvalue weighted by Crippen LogP contribution is 2.62. The average Bonchev–Trinajstić information content (AvgIpc) is 3.96. The van der Waals surface area contributed by atoms with Gasteiger partial charge in [0.15, 0.2) is 0 Å². The molecule has 3 aliphatic rings. The van der Waals surface area contributed by atoms with Crippen molar-refractivity contribution in [3.63, 3.8) is 0 Å². The highest BCUT2D eigenvalue weighted by atomic mass is 15.1. The summed E-state index contributed by atoms with van der Waals surface area (Å²) in [6, 6.07) is 86.2. The predicted molar refractivity (Wildman–Crippen MR) is 275 cm³/mol. The van der Waals surface area contributed by atoms with E-state index in [2.05, 4.69) is 254 Å². The number of hydrogen-bond acceptors (Lipinski definition) is 1. The van der Waals surface area contributed by atoms with E-state index in [1.807, 2.05) is 0 Å². The van der Waals surface area contributed by atoms with E-state index >= 15 is 0 Å². The maximum absolute atomic E-state index is 2.59. The molecule has 14 rings (SSSR count). The lowest BCUT2D eigenvalue weighted by Gasteiger charge is -2.40.